The van der Waals surface area contributed by atoms with E-state index in [-0.39, 0.29) is 0 Å². The molecule has 3 heteroatoms. The third kappa shape index (κ3) is 2.53. The third-order valence-electron chi connectivity index (χ3n) is 2.59. The number of rotatable bonds is 3. The lowest BCUT2D eigenvalue weighted by molar-refractivity contribution is 0.825. The molecule has 0 saturated heterocycles. The molecule has 0 aliphatic rings. The van der Waals surface area contributed by atoms with Crippen molar-refractivity contribution in [2.24, 2.45) is 0 Å². The van der Waals surface area contributed by atoms with Gasteiger partial charge in [0.05, 0.1) is 0 Å². The second-order valence-electron chi connectivity index (χ2n) is 4.21. The molecule has 0 fully saturated rings. The highest BCUT2D eigenvalue weighted by molar-refractivity contribution is 9.10. The van der Waals surface area contributed by atoms with Crippen LogP contribution in [0.5, 0.6) is 0 Å². The molecule has 1 aromatic heterocycles. The molecular weight excluding hydrogens is 264 g/mol. The van der Waals surface area contributed by atoms with Crippen molar-refractivity contribution >= 4 is 15.9 Å². The Hall–Kier alpha value is -1.09. The summed E-state index contributed by atoms with van der Waals surface area (Å²) in [4.78, 5) is 7.75. The molecule has 0 radical (unpaired) electrons. The number of aromatic nitrogens is 2. The summed E-state index contributed by atoms with van der Waals surface area (Å²) < 4.78 is 1.14. The molecule has 0 saturated carbocycles. The van der Waals surface area contributed by atoms with Crippen LogP contribution in [0.15, 0.2) is 34.9 Å². The molecule has 0 aliphatic carbocycles. The maximum Gasteiger partial charge on any atom is 0.110 e. The van der Waals surface area contributed by atoms with Gasteiger partial charge in [-0.05, 0) is 17.5 Å². The maximum atomic E-state index is 4.40. The van der Waals surface area contributed by atoms with E-state index in [0.29, 0.717) is 5.92 Å². The molecule has 16 heavy (non-hydrogen) atoms. The lowest BCUT2D eigenvalue weighted by Gasteiger charge is -2.02. The SMILES string of the molecule is CC(C)c1cnc(Cc2ccccc2Br)[nH]1. The maximum absolute atomic E-state index is 4.40. The molecule has 0 spiro atoms. The fourth-order valence-corrected chi connectivity index (χ4v) is 2.01. The molecule has 0 unspecified atom stereocenters. The van der Waals surface area contributed by atoms with Crippen LogP contribution in [0.2, 0.25) is 0 Å². The number of nitrogens with one attached hydrogen (secondary N) is 1. The van der Waals surface area contributed by atoms with Crippen LogP contribution in [0.1, 0.15) is 36.8 Å². The minimum absolute atomic E-state index is 0.500. The predicted molar refractivity (Wildman–Crippen MR) is 69.6 cm³/mol. The summed E-state index contributed by atoms with van der Waals surface area (Å²) >= 11 is 3.55. The Kier molecular flexibility index (Phi) is 3.44. The van der Waals surface area contributed by atoms with Crippen molar-refractivity contribution < 1.29 is 0 Å². The van der Waals surface area contributed by atoms with Crippen molar-refractivity contribution in [3.8, 4) is 0 Å². The Balaban J connectivity index is 2.18. The van der Waals surface area contributed by atoms with E-state index in [1.54, 1.807) is 0 Å². The molecule has 0 atom stereocenters. The summed E-state index contributed by atoms with van der Waals surface area (Å²) in [5.74, 6) is 1.52. The fraction of sp³-hybridized carbons (Fsp3) is 0.308. The monoisotopic (exact) mass is 278 g/mol. The van der Waals surface area contributed by atoms with Gasteiger partial charge in [-0.1, -0.05) is 48.0 Å². The number of hydrogen-bond donors (Lipinski definition) is 1. The van der Waals surface area contributed by atoms with Crippen LogP contribution in [-0.4, -0.2) is 9.97 Å². The average Bonchev–Trinajstić information content (AvgIpc) is 2.70. The van der Waals surface area contributed by atoms with Crippen LogP contribution in [0, 0.1) is 0 Å². The normalized spacial score (nSPS) is 11.0. The van der Waals surface area contributed by atoms with Crippen LogP contribution in [0.4, 0.5) is 0 Å². The molecule has 2 rings (SSSR count). The highest BCUT2D eigenvalue weighted by Gasteiger charge is 2.06. The molecule has 0 bridgehead atoms. The highest BCUT2D eigenvalue weighted by atomic mass is 79.9. The topological polar surface area (TPSA) is 28.7 Å². The molecule has 1 aromatic carbocycles. The Morgan fingerprint density at radius 1 is 1.31 bits per heavy atom. The molecule has 0 amide bonds. The van der Waals surface area contributed by atoms with Gasteiger partial charge in [-0.25, -0.2) is 4.98 Å². The van der Waals surface area contributed by atoms with Gasteiger partial charge >= 0.3 is 0 Å². The van der Waals surface area contributed by atoms with Crippen LogP contribution >= 0.6 is 15.9 Å². The summed E-state index contributed by atoms with van der Waals surface area (Å²) in [5, 5.41) is 0. The van der Waals surface area contributed by atoms with Gasteiger partial charge < -0.3 is 4.98 Å². The van der Waals surface area contributed by atoms with Gasteiger partial charge in [-0.15, -0.1) is 0 Å². The molecular formula is C13H15BrN2. The average molecular weight is 279 g/mol. The van der Waals surface area contributed by atoms with Crippen molar-refractivity contribution in [1.29, 1.82) is 0 Å². The van der Waals surface area contributed by atoms with Crippen molar-refractivity contribution in [3.05, 3.63) is 52.0 Å². The van der Waals surface area contributed by atoms with E-state index in [1.165, 1.54) is 11.3 Å². The number of H-pyrrole nitrogens is 1. The molecule has 2 nitrogen and oxygen atoms in total. The number of nitrogens with zero attached hydrogens (tertiary/aromatic N) is 1. The largest absolute Gasteiger partial charge is 0.345 e. The smallest absolute Gasteiger partial charge is 0.110 e. The van der Waals surface area contributed by atoms with Crippen LogP contribution < -0.4 is 0 Å². The van der Waals surface area contributed by atoms with E-state index in [1.807, 2.05) is 18.3 Å². The molecule has 1 heterocycles. The summed E-state index contributed by atoms with van der Waals surface area (Å²) in [6, 6.07) is 8.24. The van der Waals surface area contributed by atoms with Gasteiger partial charge in [0, 0.05) is 22.8 Å². The van der Waals surface area contributed by atoms with E-state index in [2.05, 4.69) is 51.9 Å². The molecule has 2 aromatic rings. The first-order valence-corrected chi connectivity index (χ1v) is 6.23. The second-order valence-corrected chi connectivity index (χ2v) is 5.06. The Morgan fingerprint density at radius 2 is 2.06 bits per heavy atom. The van der Waals surface area contributed by atoms with E-state index < -0.39 is 0 Å². The standard InChI is InChI=1S/C13H15BrN2/c1-9(2)12-8-15-13(16-12)7-10-5-3-4-6-11(10)14/h3-6,8-9H,7H2,1-2H3,(H,15,16). The Bertz CT molecular complexity index is 474. The van der Waals surface area contributed by atoms with Crippen molar-refractivity contribution in [2.45, 2.75) is 26.2 Å². The van der Waals surface area contributed by atoms with Gasteiger partial charge in [0.1, 0.15) is 5.82 Å². The summed E-state index contributed by atoms with van der Waals surface area (Å²) in [7, 11) is 0. The first-order valence-electron chi connectivity index (χ1n) is 5.44. The summed E-state index contributed by atoms with van der Waals surface area (Å²) in [6.07, 6.45) is 2.77. The predicted octanol–water partition coefficient (Wildman–Crippen LogP) is 3.89. The minimum atomic E-state index is 0.500. The van der Waals surface area contributed by atoms with Gasteiger partial charge in [0.15, 0.2) is 0 Å². The fourth-order valence-electron chi connectivity index (χ4n) is 1.58. The zero-order valence-electron chi connectivity index (χ0n) is 9.50. The lowest BCUT2D eigenvalue weighted by Crippen LogP contribution is -1.93. The quantitative estimate of drug-likeness (QED) is 0.907. The van der Waals surface area contributed by atoms with Crippen LogP contribution in [0.25, 0.3) is 0 Å². The van der Waals surface area contributed by atoms with Crippen LogP contribution in [-0.2, 0) is 6.42 Å². The van der Waals surface area contributed by atoms with Crippen molar-refractivity contribution in [2.75, 3.05) is 0 Å². The molecule has 84 valence electrons. The number of benzene rings is 1. The Morgan fingerprint density at radius 3 is 2.69 bits per heavy atom. The van der Waals surface area contributed by atoms with Gasteiger partial charge in [0.2, 0.25) is 0 Å². The van der Waals surface area contributed by atoms with Crippen LogP contribution in [0.3, 0.4) is 0 Å². The van der Waals surface area contributed by atoms with Crippen molar-refractivity contribution in [1.82, 2.24) is 9.97 Å². The zero-order valence-corrected chi connectivity index (χ0v) is 11.1. The second kappa shape index (κ2) is 4.83. The minimum Gasteiger partial charge on any atom is -0.345 e. The third-order valence-corrected chi connectivity index (χ3v) is 3.36. The molecule has 1 N–H and O–H groups in total. The van der Waals surface area contributed by atoms with Crippen molar-refractivity contribution in [3.63, 3.8) is 0 Å². The highest BCUT2D eigenvalue weighted by Crippen LogP contribution is 2.19. The van der Waals surface area contributed by atoms with E-state index in [4.69, 9.17) is 0 Å². The van der Waals surface area contributed by atoms with E-state index >= 15 is 0 Å². The number of imidazole rings is 1. The van der Waals surface area contributed by atoms with Gasteiger partial charge in [-0.3, -0.25) is 0 Å². The van der Waals surface area contributed by atoms with E-state index in [0.717, 1.165) is 16.7 Å². The summed E-state index contributed by atoms with van der Waals surface area (Å²) in [5.41, 5.74) is 2.45. The number of halogens is 1. The first kappa shape index (κ1) is 11.4. The van der Waals surface area contributed by atoms with E-state index in [9.17, 15) is 0 Å². The Labute approximate surface area is 104 Å². The van der Waals surface area contributed by atoms with Gasteiger partial charge in [0.25, 0.3) is 0 Å². The summed E-state index contributed by atoms with van der Waals surface area (Å²) in [6.45, 7) is 4.32. The molecule has 0 aliphatic heterocycles. The lowest BCUT2D eigenvalue weighted by atomic mass is 10.1. The number of hydrogen-bond acceptors (Lipinski definition) is 1. The number of aromatic amines is 1. The zero-order chi connectivity index (χ0) is 11.5. The first-order chi connectivity index (χ1) is 7.66. The van der Waals surface area contributed by atoms with Gasteiger partial charge in [-0.2, -0.15) is 0 Å².